The van der Waals surface area contributed by atoms with Crippen LogP contribution in [0.3, 0.4) is 0 Å². The first-order valence-corrected chi connectivity index (χ1v) is 11.8. The number of rotatable bonds is 19. The number of unbranched alkanes of at least 4 members (excludes halogenated alkanes) is 8. The van der Waals surface area contributed by atoms with E-state index in [-0.39, 0.29) is 12.0 Å². The van der Waals surface area contributed by atoms with Crippen molar-refractivity contribution in [2.45, 2.75) is 103 Å². The van der Waals surface area contributed by atoms with Crippen LogP contribution in [0.1, 0.15) is 96.8 Å². The zero-order valence-electron chi connectivity index (χ0n) is 19.3. The minimum Gasteiger partial charge on any atom is -0.393 e. The Labute approximate surface area is 175 Å². The van der Waals surface area contributed by atoms with Gasteiger partial charge in [0, 0.05) is 19.4 Å². The molecule has 2 N–H and O–H groups in total. The molecule has 0 heterocycles. The minimum atomic E-state index is -0.160. The topological polar surface area (TPSA) is 49.3 Å². The molecule has 0 fully saturated rings. The van der Waals surface area contributed by atoms with Crippen LogP contribution in [0, 0.1) is 0 Å². The van der Waals surface area contributed by atoms with Gasteiger partial charge in [0.1, 0.15) is 0 Å². The van der Waals surface area contributed by atoms with Crippen molar-refractivity contribution in [3.05, 3.63) is 12.2 Å². The lowest BCUT2D eigenvalue weighted by Gasteiger charge is -2.23. The Balaban J connectivity index is 3.37. The number of aliphatic hydroxyl groups is 1. The summed E-state index contributed by atoms with van der Waals surface area (Å²) in [7, 11) is 6.53. The molecule has 0 radical (unpaired) electrons. The van der Waals surface area contributed by atoms with Gasteiger partial charge in [-0.25, -0.2) is 0 Å². The first-order valence-electron chi connectivity index (χ1n) is 11.8. The summed E-state index contributed by atoms with van der Waals surface area (Å²) in [4.78, 5) is 11.8. The van der Waals surface area contributed by atoms with Gasteiger partial charge in [-0.2, -0.15) is 0 Å². The molecule has 0 rings (SSSR count). The molecule has 166 valence electrons. The first kappa shape index (κ1) is 27.1. The average Bonchev–Trinajstić information content (AvgIpc) is 2.63. The molecule has 1 atom stereocenters. The summed E-state index contributed by atoms with van der Waals surface area (Å²) in [5.74, 6) is 0.206. The van der Waals surface area contributed by atoms with Gasteiger partial charge >= 0.3 is 0 Å². The number of quaternary nitrogens is 1. The zero-order chi connectivity index (χ0) is 21.1. The second kappa shape index (κ2) is 18.2. The maximum Gasteiger partial charge on any atom is 0.219 e. The molecule has 0 bridgehead atoms. The smallest absolute Gasteiger partial charge is 0.219 e. The molecule has 0 aliphatic carbocycles. The Morgan fingerprint density at radius 2 is 1.61 bits per heavy atom. The number of hydrogen-bond acceptors (Lipinski definition) is 2. The zero-order valence-corrected chi connectivity index (χ0v) is 19.3. The van der Waals surface area contributed by atoms with Crippen molar-refractivity contribution in [1.29, 1.82) is 0 Å². The lowest BCUT2D eigenvalue weighted by atomic mass is 10.1. The Hall–Kier alpha value is -0.870. The van der Waals surface area contributed by atoms with Crippen LogP contribution in [0.5, 0.6) is 0 Å². The molecule has 4 heteroatoms. The number of nitrogens with zero attached hydrogens (tertiary/aromatic N) is 1. The highest BCUT2D eigenvalue weighted by Gasteiger charge is 2.06. The van der Waals surface area contributed by atoms with Gasteiger partial charge < -0.3 is 14.9 Å². The Morgan fingerprint density at radius 1 is 0.929 bits per heavy atom. The third-order valence-corrected chi connectivity index (χ3v) is 5.07. The fourth-order valence-electron chi connectivity index (χ4n) is 3.24. The number of hydrogen-bond donors (Lipinski definition) is 2. The van der Waals surface area contributed by atoms with E-state index in [2.05, 4.69) is 45.5 Å². The summed E-state index contributed by atoms with van der Waals surface area (Å²) in [5.41, 5.74) is 0. The first-order chi connectivity index (χ1) is 13.3. The van der Waals surface area contributed by atoms with Crippen LogP contribution in [0.25, 0.3) is 0 Å². The fraction of sp³-hybridized carbons (Fsp3) is 0.875. The van der Waals surface area contributed by atoms with Gasteiger partial charge in [-0.15, -0.1) is 0 Å². The largest absolute Gasteiger partial charge is 0.393 e. The van der Waals surface area contributed by atoms with Crippen LogP contribution in [-0.2, 0) is 4.79 Å². The van der Waals surface area contributed by atoms with E-state index in [4.69, 9.17) is 0 Å². The summed E-state index contributed by atoms with van der Waals surface area (Å²) in [6, 6.07) is 0. The molecule has 0 aromatic rings. The van der Waals surface area contributed by atoms with Crippen molar-refractivity contribution in [1.82, 2.24) is 5.32 Å². The van der Waals surface area contributed by atoms with Gasteiger partial charge in [0.15, 0.2) is 0 Å². The molecular weight excluding hydrogens is 348 g/mol. The summed E-state index contributed by atoms with van der Waals surface area (Å²) in [6.45, 7) is 4.10. The number of carbonyl (C=O) groups is 1. The molecule has 0 spiro atoms. The van der Waals surface area contributed by atoms with E-state index in [1.54, 1.807) is 0 Å². The van der Waals surface area contributed by atoms with Gasteiger partial charge in [-0.3, -0.25) is 4.79 Å². The molecule has 0 saturated carbocycles. The number of nitrogens with one attached hydrogen (secondary N) is 1. The molecule has 0 aromatic heterocycles. The van der Waals surface area contributed by atoms with Gasteiger partial charge in [0.25, 0.3) is 0 Å². The van der Waals surface area contributed by atoms with Gasteiger partial charge in [0.2, 0.25) is 5.91 Å². The maximum atomic E-state index is 11.8. The van der Waals surface area contributed by atoms with Crippen LogP contribution in [0.15, 0.2) is 12.2 Å². The molecular formula is C24H49N2O2+. The van der Waals surface area contributed by atoms with Crippen molar-refractivity contribution >= 4 is 5.91 Å². The number of aliphatic hydroxyl groups excluding tert-OH is 1. The number of carbonyl (C=O) groups excluding carboxylic acids is 1. The van der Waals surface area contributed by atoms with E-state index in [1.165, 1.54) is 38.5 Å². The SMILES string of the molecule is CCCCCCC(O)CC=CCCCCCCCC(=O)NCCC[N+](C)(C)C. The van der Waals surface area contributed by atoms with Crippen molar-refractivity contribution in [3.63, 3.8) is 0 Å². The molecule has 4 nitrogen and oxygen atoms in total. The third-order valence-electron chi connectivity index (χ3n) is 5.07. The van der Waals surface area contributed by atoms with Crippen molar-refractivity contribution in [3.8, 4) is 0 Å². The highest BCUT2D eigenvalue weighted by Crippen LogP contribution is 2.10. The Kier molecular flexibility index (Phi) is 17.6. The van der Waals surface area contributed by atoms with E-state index in [1.807, 2.05) is 0 Å². The van der Waals surface area contributed by atoms with Crippen molar-refractivity contribution in [2.24, 2.45) is 0 Å². The van der Waals surface area contributed by atoms with Crippen molar-refractivity contribution in [2.75, 3.05) is 34.2 Å². The molecule has 1 unspecified atom stereocenters. The average molecular weight is 398 g/mol. The van der Waals surface area contributed by atoms with Crippen LogP contribution < -0.4 is 5.32 Å². The lowest BCUT2D eigenvalue weighted by Crippen LogP contribution is -2.37. The quantitative estimate of drug-likeness (QED) is 0.179. The second-order valence-corrected chi connectivity index (χ2v) is 9.23. The molecule has 0 aromatic carbocycles. The van der Waals surface area contributed by atoms with Crippen LogP contribution in [0.2, 0.25) is 0 Å². The van der Waals surface area contributed by atoms with Crippen LogP contribution in [0.4, 0.5) is 0 Å². The highest BCUT2D eigenvalue weighted by atomic mass is 16.3. The summed E-state index contributed by atoms with van der Waals surface area (Å²) >= 11 is 0. The van der Waals surface area contributed by atoms with E-state index in [0.717, 1.165) is 62.5 Å². The van der Waals surface area contributed by atoms with Gasteiger partial charge in [0.05, 0.1) is 33.8 Å². The third kappa shape index (κ3) is 21.4. The Bertz CT molecular complexity index is 389. The van der Waals surface area contributed by atoms with Crippen LogP contribution >= 0.6 is 0 Å². The monoisotopic (exact) mass is 397 g/mol. The van der Waals surface area contributed by atoms with E-state index >= 15 is 0 Å². The lowest BCUT2D eigenvalue weighted by molar-refractivity contribution is -0.870. The van der Waals surface area contributed by atoms with Crippen molar-refractivity contribution < 1.29 is 14.4 Å². The van der Waals surface area contributed by atoms with E-state index < -0.39 is 0 Å². The van der Waals surface area contributed by atoms with Gasteiger partial charge in [-0.1, -0.05) is 64.0 Å². The standard InChI is InChI=1S/C24H48N2O2/c1-5-6-7-14-18-23(27)19-15-12-10-8-9-11-13-16-20-24(28)25-21-17-22-26(2,3)4/h12,15,23,27H,5-11,13-14,16-22H2,1-4H3/p+1. The maximum absolute atomic E-state index is 11.8. The molecule has 0 saturated heterocycles. The summed E-state index contributed by atoms with van der Waals surface area (Å²) in [5, 5.41) is 12.9. The predicted octanol–water partition coefficient (Wildman–Crippen LogP) is 5.21. The van der Waals surface area contributed by atoms with E-state index in [9.17, 15) is 9.90 Å². The van der Waals surface area contributed by atoms with Crippen LogP contribution in [-0.4, -0.2) is 55.8 Å². The summed E-state index contributed by atoms with van der Waals surface area (Å²) in [6.07, 6.45) is 19.5. The van der Waals surface area contributed by atoms with Gasteiger partial charge in [-0.05, 0) is 32.1 Å². The molecule has 0 aliphatic rings. The minimum absolute atomic E-state index is 0.160. The molecule has 1 amide bonds. The number of allylic oxidation sites excluding steroid dienone is 1. The molecule has 28 heavy (non-hydrogen) atoms. The summed E-state index contributed by atoms with van der Waals surface area (Å²) < 4.78 is 0.949. The molecule has 0 aliphatic heterocycles. The van der Waals surface area contributed by atoms with E-state index in [0.29, 0.717) is 6.42 Å². The highest BCUT2D eigenvalue weighted by molar-refractivity contribution is 5.75. The number of amides is 1. The Morgan fingerprint density at radius 3 is 2.32 bits per heavy atom. The predicted molar refractivity (Wildman–Crippen MR) is 121 cm³/mol. The fourth-order valence-corrected chi connectivity index (χ4v) is 3.24. The normalized spacial score (nSPS) is 13.2. The second-order valence-electron chi connectivity index (χ2n) is 9.23.